The van der Waals surface area contributed by atoms with Crippen LogP contribution in [0.5, 0.6) is 11.5 Å². The second-order valence-corrected chi connectivity index (χ2v) is 5.77. The van der Waals surface area contributed by atoms with Crippen LogP contribution in [0, 0.1) is 0 Å². The molecule has 3 N–H and O–H groups in total. The summed E-state index contributed by atoms with van der Waals surface area (Å²) in [7, 11) is 0. The second-order valence-electron chi connectivity index (χ2n) is 5.77. The molecule has 1 fully saturated rings. The number of carbonyl (C=O) groups is 2. The summed E-state index contributed by atoms with van der Waals surface area (Å²) in [5, 5.41) is 13.6. The van der Waals surface area contributed by atoms with Crippen LogP contribution in [-0.2, 0) is 14.3 Å². The van der Waals surface area contributed by atoms with Gasteiger partial charge in [0, 0.05) is 19.2 Å². The summed E-state index contributed by atoms with van der Waals surface area (Å²) in [6.07, 6.45) is 2.88. The maximum absolute atomic E-state index is 12.2. The molecule has 1 saturated heterocycles. The maximum atomic E-state index is 12.2. The van der Waals surface area contributed by atoms with E-state index >= 15 is 0 Å². The molecule has 1 atom stereocenters. The molecule has 0 unspecified atom stereocenters. The van der Waals surface area contributed by atoms with E-state index in [0.717, 1.165) is 5.56 Å². The minimum Gasteiger partial charge on any atom is -0.454 e. The average Bonchev–Trinajstić information content (AvgIpc) is 3.13. The third-order valence-electron chi connectivity index (χ3n) is 3.92. The van der Waals surface area contributed by atoms with Crippen molar-refractivity contribution in [3.63, 3.8) is 0 Å². The number of hydrazine groups is 1. The fourth-order valence-electron chi connectivity index (χ4n) is 2.51. The number of hydrogen-bond donors (Lipinski definition) is 3. The van der Waals surface area contributed by atoms with Gasteiger partial charge in [-0.3, -0.25) is 15.0 Å². The van der Waals surface area contributed by atoms with Crippen molar-refractivity contribution in [2.75, 3.05) is 39.7 Å². The molecule has 2 amide bonds. The van der Waals surface area contributed by atoms with Crippen molar-refractivity contribution in [3.05, 3.63) is 29.8 Å². The quantitative estimate of drug-likeness (QED) is 0.572. The number of fused-ring (bicyclic) bond motifs is 1. The fourth-order valence-corrected chi connectivity index (χ4v) is 2.51. The number of carbonyl (C=O) groups excluding carboxylic acids is 2. The third kappa shape index (κ3) is 4.72. The normalized spacial score (nSPS) is 17.9. The van der Waals surface area contributed by atoms with Gasteiger partial charge in [0.05, 0.1) is 19.8 Å². The van der Waals surface area contributed by atoms with Crippen LogP contribution in [0.1, 0.15) is 5.56 Å². The molecule has 9 heteroatoms. The fraction of sp³-hybridized carbons (Fsp3) is 0.412. The smallest absolute Gasteiger partial charge is 0.259 e. The molecular formula is C17H21N3O6. The molecule has 2 aliphatic heterocycles. The van der Waals surface area contributed by atoms with Crippen LogP contribution in [0.2, 0.25) is 0 Å². The lowest BCUT2D eigenvalue weighted by Gasteiger charge is -2.28. The van der Waals surface area contributed by atoms with Crippen LogP contribution in [0.3, 0.4) is 0 Å². The van der Waals surface area contributed by atoms with Gasteiger partial charge in [-0.2, -0.15) is 0 Å². The van der Waals surface area contributed by atoms with E-state index in [2.05, 4.69) is 10.7 Å². The van der Waals surface area contributed by atoms with Crippen LogP contribution >= 0.6 is 0 Å². The number of hydrogen-bond acceptors (Lipinski definition) is 7. The molecule has 2 aliphatic rings. The van der Waals surface area contributed by atoms with E-state index in [0.29, 0.717) is 37.8 Å². The monoisotopic (exact) mass is 363 g/mol. The van der Waals surface area contributed by atoms with Gasteiger partial charge in [-0.15, -0.1) is 0 Å². The maximum Gasteiger partial charge on any atom is 0.259 e. The minimum atomic E-state index is -1.04. The number of amides is 2. The van der Waals surface area contributed by atoms with Crippen molar-refractivity contribution in [3.8, 4) is 11.5 Å². The van der Waals surface area contributed by atoms with Crippen molar-refractivity contribution >= 4 is 17.9 Å². The highest BCUT2D eigenvalue weighted by Gasteiger charge is 2.22. The first kappa shape index (κ1) is 18.2. The topological polar surface area (TPSA) is 109 Å². The third-order valence-corrected chi connectivity index (χ3v) is 3.92. The molecule has 0 aromatic heterocycles. The van der Waals surface area contributed by atoms with E-state index in [1.54, 1.807) is 29.3 Å². The molecule has 3 rings (SSSR count). The summed E-state index contributed by atoms with van der Waals surface area (Å²) in [5.74, 6) is 0.315. The zero-order chi connectivity index (χ0) is 18.4. The molecule has 140 valence electrons. The lowest BCUT2D eigenvalue weighted by atomic mass is 10.2. The van der Waals surface area contributed by atoms with Crippen molar-refractivity contribution < 1.29 is 28.9 Å². The molecule has 0 saturated carbocycles. The molecule has 0 bridgehead atoms. The molecule has 26 heavy (non-hydrogen) atoms. The minimum absolute atomic E-state index is 0.180. The first-order chi connectivity index (χ1) is 12.7. The summed E-state index contributed by atoms with van der Waals surface area (Å²) in [6.45, 7) is 1.84. The Kier molecular flexibility index (Phi) is 6.05. The Morgan fingerprint density at radius 2 is 2.00 bits per heavy atom. The summed E-state index contributed by atoms with van der Waals surface area (Å²) in [4.78, 5) is 24.2. The van der Waals surface area contributed by atoms with Crippen LogP contribution in [0.25, 0.3) is 6.08 Å². The number of benzene rings is 1. The van der Waals surface area contributed by atoms with Gasteiger partial charge in [0.2, 0.25) is 12.7 Å². The number of aliphatic hydroxyl groups excluding tert-OH is 1. The lowest BCUT2D eigenvalue weighted by molar-refractivity contribution is -0.133. The Balaban J connectivity index is 1.52. The predicted molar refractivity (Wildman–Crippen MR) is 91.2 cm³/mol. The van der Waals surface area contributed by atoms with Crippen LogP contribution < -0.4 is 20.2 Å². The van der Waals surface area contributed by atoms with Crippen molar-refractivity contribution in [1.82, 2.24) is 15.8 Å². The standard InChI is InChI=1S/C17H21N3O6/c21-10-13(17(23)19-20-5-7-24-8-6-20)18-16(22)4-2-12-1-3-14-15(9-12)26-11-25-14/h1-4,9,13,21H,5-8,10-11H2,(H,18,22)(H,19,23)/t13-/m0/s1. The molecule has 0 spiro atoms. The van der Waals surface area contributed by atoms with Crippen LogP contribution in [-0.4, -0.2) is 67.7 Å². The van der Waals surface area contributed by atoms with E-state index in [1.807, 2.05) is 0 Å². The number of ether oxygens (including phenoxy) is 3. The molecule has 1 aromatic carbocycles. The van der Waals surface area contributed by atoms with E-state index in [-0.39, 0.29) is 6.79 Å². The first-order valence-corrected chi connectivity index (χ1v) is 8.28. The number of nitrogens with zero attached hydrogens (tertiary/aromatic N) is 1. The first-order valence-electron chi connectivity index (χ1n) is 8.28. The number of nitrogens with one attached hydrogen (secondary N) is 2. The average molecular weight is 363 g/mol. The van der Waals surface area contributed by atoms with Gasteiger partial charge in [-0.05, 0) is 23.8 Å². The molecule has 1 aromatic rings. The number of morpholine rings is 1. The van der Waals surface area contributed by atoms with Gasteiger partial charge in [0.15, 0.2) is 11.5 Å². The van der Waals surface area contributed by atoms with Crippen molar-refractivity contribution in [2.24, 2.45) is 0 Å². The van der Waals surface area contributed by atoms with E-state index in [1.165, 1.54) is 6.08 Å². The Morgan fingerprint density at radius 3 is 2.77 bits per heavy atom. The van der Waals surface area contributed by atoms with E-state index in [4.69, 9.17) is 14.2 Å². The van der Waals surface area contributed by atoms with Gasteiger partial charge < -0.3 is 24.6 Å². The van der Waals surface area contributed by atoms with Crippen molar-refractivity contribution in [1.29, 1.82) is 0 Å². The van der Waals surface area contributed by atoms with E-state index in [9.17, 15) is 14.7 Å². The predicted octanol–water partition coefficient (Wildman–Crippen LogP) is -0.731. The number of aliphatic hydroxyl groups is 1. The van der Waals surface area contributed by atoms with Gasteiger partial charge >= 0.3 is 0 Å². The molecule has 2 heterocycles. The Morgan fingerprint density at radius 1 is 1.23 bits per heavy atom. The summed E-state index contributed by atoms with van der Waals surface area (Å²) in [6, 6.07) is 4.26. The van der Waals surface area contributed by atoms with Crippen molar-refractivity contribution in [2.45, 2.75) is 6.04 Å². The zero-order valence-corrected chi connectivity index (χ0v) is 14.1. The Bertz CT molecular complexity index is 687. The Hall–Kier alpha value is -2.62. The Labute approximate surface area is 150 Å². The van der Waals surface area contributed by atoms with Gasteiger partial charge in [0.1, 0.15) is 6.04 Å². The zero-order valence-electron chi connectivity index (χ0n) is 14.1. The number of rotatable bonds is 6. The molecule has 0 aliphatic carbocycles. The highest BCUT2D eigenvalue weighted by atomic mass is 16.7. The molecular weight excluding hydrogens is 342 g/mol. The van der Waals surface area contributed by atoms with E-state index < -0.39 is 24.5 Å². The summed E-state index contributed by atoms with van der Waals surface area (Å²) in [5.41, 5.74) is 3.41. The highest BCUT2D eigenvalue weighted by molar-refractivity contribution is 5.95. The second kappa shape index (κ2) is 8.65. The molecule has 9 nitrogen and oxygen atoms in total. The molecule has 0 radical (unpaired) electrons. The van der Waals surface area contributed by atoms with Crippen LogP contribution in [0.15, 0.2) is 24.3 Å². The summed E-state index contributed by atoms with van der Waals surface area (Å²) >= 11 is 0. The lowest BCUT2D eigenvalue weighted by Crippen LogP contribution is -2.56. The highest BCUT2D eigenvalue weighted by Crippen LogP contribution is 2.32. The van der Waals surface area contributed by atoms with Gasteiger partial charge in [0.25, 0.3) is 5.91 Å². The summed E-state index contributed by atoms with van der Waals surface area (Å²) < 4.78 is 15.7. The van der Waals surface area contributed by atoms with Crippen LogP contribution in [0.4, 0.5) is 0 Å². The SMILES string of the molecule is O=C(C=Cc1ccc2c(c1)OCO2)N[C@@H](CO)C(=O)NN1CCOCC1. The van der Waals surface area contributed by atoms with Gasteiger partial charge in [-0.25, -0.2) is 5.01 Å². The van der Waals surface area contributed by atoms with Gasteiger partial charge in [-0.1, -0.05) is 6.07 Å². The largest absolute Gasteiger partial charge is 0.454 e.